The Kier molecular flexibility index (Phi) is 57.0. The maximum absolute atomic E-state index is 12.9. The number of rotatable bonds is 59. The molecule has 0 spiro atoms. The van der Waals surface area contributed by atoms with Gasteiger partial charge in [0.15, 0.2) is 6.10 Å². The summed E-state index contributed by atoms with van der Waals surface area (Å²) in [6, 6.07) is 0. The molecule has 0 saturated heterocycles. The first kappa shape index (κ1) is 68.4. The Bertz CT molecular complexity index is 1060. The smallest absolute Gasteiger partial charge is 0.306 e. The molecule has 0 aliphatic heterocycles. The van der Waals surface area contributed by atoms with Gasteiger partial charge in [0.2, 0.25) is 0 Å². The minimum Gasteiger partial charge on any atom is -0.462 e. The van der Waals surface area contributed by atoms with E-state index in [1.807, 2.05) is 0 Å². The first-order valence-corrected chi connectivity index (χ1v) is 31.9. The highest BCUT2D eigenvalue weighted by Crippen LogP contribution is 2.19. The molecule has 416 valence electrons. The molecule has 0 N–H and O–H groups in total. The molecule has 0 fully saturated rings. The zero-order valence-electron chi connectivity index (χ0n) is 48.0. The summed E-state index contributed by atoms with van der Waals surface area (Å²) in [5.41, 5.74) is 0. The molecule has 6 nitrogen and oxygen atoms in total. The lowest BCUT2D eigenvalue weighted by Gasteiger charge is -2.18. The van der Waals surface area contributed by atoms with Crippen molar-refractivity contribution in [2.45, 2.75) is 374 Å². The first-order chi connectivity index (χ1) is 34.4. The summed E-state index contributed by atoms with van der Waals surface area (Å²) in [5, 5.41) is 0. The summed E-state index contributed by atoms with van der Waals surface area (Å²) in [7, 11) is 0. The van der Waals surface area contributed by atoms with E-state index in [-0.39, 0.29) is 31.1 Å². The van der Waals surface area contributed by atoms with Gasteiger partial charge in [-0.1, -0.05) is 329 Å². The van der Waals surface area contributed by atoms with Crippen LogP contribution in [0.4, 0.5) is 0 Å². The van der Waals surface area contributed by atoms with Gasteiger partial charge in [-0.3, -0.25) is 14.4 Å². The number of hydrogen-bond acceptors (Lipinski definition) is 6. The summed E-state index contributed by atoms with van der Waals surface area (Å²) in [6.45, 7) is 9.10. The molecule has 6 heteroatoms. The number of ether oxygens (including phenoxy) is 3. The van der Waals surface area contributed by atoms with E-state index in [2.05, 4.69) is 27.7 Å². The lowest BCUT2D eigenvalue weighted by molar-refractivity contribution is -0.167. The van der Waals surface area contributed by atoms with Crippen molar-refractivity contribution in [2.75, 3.05) is 13.2 Å². The fourth-order valence-corrected chi connectivity index (χ4v) is 9.99. The van der Waals surface area contributed by atoms with Crippen molar-refractivity contribution in [1.29, 1.82) is 0 Å². The molecule has 0 aliphatic rings. The Balaban J connectivity index is 4.28. The van der Waals surface area contributed by atoms with Crippen molar-refractivity contribution in [2.24, 2.45) is 5.92 Å². The fraction of sp³-hybridized carbons (Fsp3) is 0.953. The van der Waals surface area contributed by atoms with Crippen LogP contribution in [0, 0.1) is 5.92 Å². The van der Waals surface area contributed by atoms with Crippen LogP contribution in [0.2, 0.25) is 0 Å². The SMILES string of the molecule is CCCCCCCCCCCCCCCCCCCC(=O)O[C@@H](COC(=O)CCCCCCCCCCCCCCCCCC)COC(=O)CCCCCCCCCCCCCCCCCCC(C)C. The lowest BCUT2D eigenvalue weighted by Crippen LogP contribution is -2.30. The molecule has 0 amide bonds. The van der Waals surface area contributed by atoms with Gasteiger partial charge in [0, 0.05) is 19.3 Å². The van der Waals surface area contributed by atoms with E-state index in [0.29, 0.717) is 19.3 Å². The number of hydrogen-bond donors (Lipinski definition) is 0. The molecule has 0 aromatic carbocycles. The number of carbonyl (C=O) groups excluding carboxylic acids is 3. The second-order valence-corrected chi connectivity index (χ2v) is 22.5. The first-order valence-electron chi connectivity index (χ1n) is 31.9. The van der Waals surface area contributed by atoms with Gasteiger partial charge in [-0.15, -0.1) is 0 Å². The standard InChI is InChI=1S/C64H124O6/c1-5-7-9-11-13-15-17-19-21-23-29-33-37-41-45-49-53-57-64(67)70-61(58-68-62(65)55-51-47-43-39-35-31-27-22-20-18-16-14-12-10-8-6-2)59-69-63(66)56-52-48-44-40-36-32-28-25-24-26-30-34-38-42-46-50-54-60(3)4/h60-61H,5-59H2,1-4H3/t61-/m0/s1. The second kappa shape index (κ2) is 58.3. The molecule has 0 heterocycles. The van der Waals surface area contributed by atoms with Crippen molar-refractivity contribution in [3.8, 4) is 0 Å². The van der Waals surface area contributed by atoms with Crippen LogP contribution in [0.3, 0.4) is 0 Å². The molecule has 0 radical (unpaired) electrons. The van der Waals surface area contributed by atoms with Gasteiger partial charge in [0.1, 0.15) is 13.2 Å². The maximum Gasteiger partial charge on any atom is 0.306 e. The van der Waals surface area contributed by atoms with Gasteiger partial charge in [-0.25, -0.2) is 0 Å². The van der Waals surface area contributed by atoms with Crippen LogP contribution >= 0.6 is 0 Å². The Labute approximate surface area is 438 Å². The van der Waals surface area contributed by atoms with Gasteiger partial charge in [-0.05, 0) is 25.2 Å². The van der Waals surface area contributed by atoms with Crippen molar-refractivity contribution in [1.82, 2.24) is 0 Å². The Morgan fingerprint density at radius 1 is 0.271 bits per heavy atom. The average molecular weight is 990 g/mol. The quantitative estimate of drug-likeness (QED) is 0.0343. The largest absolute Gasteiger partial charge is 0.462 e. The van der Waals surface area contributed by atoms with E-state index in [0.717, 1.165) is 63.7 Å². The number of unbranched alkanes of at least 4 members (excludes halogenated alkanes) is 46. The Morgan fingerprint density at radius 2 is 0.471 bits per heavy atom. The Morgan fingerprint density at radius 3 is 0.700 bits per heavy atom. The van der Waals surface area contributed by atoms with E-state index < -0.39 is 6.10 Å². The summed E-state index contributed by atoms with van der Waals surface area (Å²) in [6.07, 6.45) is 65.3. The minimum absolute atomic E-state index is 0.0611. The normalized spacial score (nSPS) is 12.0. The van der Waals surface area contributed by atoms with Crippen LogP contribution in [0.15, 0.2) is 0 Å². The van der Waals surface area contributed by atoms with Crippen LogP contribution in [0.1, 0.15) is 368 Å². The van der Waals surface area contributed by atoms with Crippen LogP contribution in [0.5, 0.6) is 0 Å². The van der Waals surface area contributed by atoms with Crippen LogP contribution < -0.4 is 0 Å². The molecule has 0 aliphatic carbocycles. The van der Waals surface area contributed by atoms with E-state index in [1.165, 1.54) is 263 Å². The highest BCUT2D eigenvalue weighted by Gasteiger charge is 2.19. The average Bonchev–Trinajstić information content (AvgIpc) is 3.35. The number of esters is 3. The van der Waals surface area contributed by atoms with Crippen LogP contribution in [-0.2, 0) is 28.6 Å². The van der Waals surface area contributed by atoms with E-state index in [9.17, 15) is 14.4 Å². The topological polar surface area (TPSA) is 78.9 Å². The zero-order chi connectivity index (χ0) is 50.9. The molecule has 70 heavy (non-hydrogen) atoms. The summed E-state index contributed by atoms with van der Waals surface area (Å²) in [4.78, 5) is 38.3. The molecule has 0 saturated carbocycles. The van der Waals surface area contributed by atoms with Crippen molar-refractivity contribution in [3.05, 3.63) is 0 Å². The number of carbonyl (C=O) groups is 3. The summed E-state index contributed by atoms with van der Waals surface area (Å²) in [5.74, 6) is 0.0260. The molecule has 1 atom stereocenters. The zero-order valence-corrected chi connectivity index (χ0v) is 48.0. The molecular weight excluding hydrogens is 865 g/mol. The third kappa shape index (κ3) is 57.3. The lowest BCUT2D eigenvalue weighted by atomic mass is 10.0. The van der Waals surface area contributed by atoms with Crippen molar-refractivity contribution in [3.63, 3.8) is 0 Å². The van der Waals surface area contributed by atoms with E-state index >= 15 is 0 Å². The molecule has 0 aromatic rings. The Hall–Kier alpha value is -1.59. The molecule has 0 unspecified atom stereocenters. The monoisotopic (exact) mass is 989 g/mol. The molecular formula is C64H124O6. The van der Waals surface area contributed by atoms with E-state index in [4.69, 9.17) is 14.2 Å². The molecule has 0 bridgehead atoms. The summed E-state index contributed by atoms with van der Waals surface area (Å²) < 4.78 is 17.0. The summed E-state index contributed by atoms with van der Waals surface area (Å²) >= 11 is 0. The second-order valence-electron chi connectivity index (χ2n) is 22.5. The van der Waals surface area contributed by atoms with Crippen molar-refractivity contribution >= 4 is 17.9 Å². The van der Waals surface area contributed by atoms with Crippen LogP contribution in [-0.4, -0.2) is 37.2 Å². The fourth-order valence-electron chi connectivity index (χ4n) is 9.99. The maximum atomic E-state index is 12.9. The van der Waals surface area contributed by atoms with Gasteiger partial charge in [0.25, 0.3) is 0 Å². The van der Waals surface area contributed by atoms with Crippen LogP contribution in [0.25, 0.3) is 0 Å². The van der Waals surface area contributed by atoms with Gasteiger partial charge < -0.3 is 14.2 Å². The van der Waals surface area contributed by atoms with Gasteiger partial charge >= 0.3 is 17.9 Å². The van der Waals surface area contributed by atoms with Gasteiger partial charge in [-0.2, -0.15) is 0 Å². The molecule has 0 aromatic heterocycles. The predicted molar refractivity (Wildman–Crippen MR) is 303 cm³/mol. The highest BCUT2D eigenvalue weighted by atomic mass is 16.6. The van der Waals surface area contributed by atoms with Crippen molar-refractivity contribution < 1.29 is 28.6 Å². The van der Waals surface area contributed by atoms with Gasteiger partial charge in [0.05, 0.1) is 0 Å². The minimum atomic E-state index is -0.763. The predicted octanol–water partition coefficient (Wildman–Crippen LogP) is 21.4. The highest BCUT2D eigenvalue weighted by molar-refractivity contribution is 5.71. The third-order valence-corrected chi connectivity index (χ3v) is 14.8. The third-order valence-electron chi connectivity index (χ3n) is 14.8. The van der Waals surface area contributed by atoms with E-state index in [1.54, 1.807) is 0 Å². The molecule has 0 rings (SSSR count).